The molecule has 6 heteroatoms. The smallest absolute Gasteiger partial charge is 0.243 e. The number of nitrogens with two attached hydrogens (primary N) is 1. The highest BCUT2D eigenvalue weighted by molar-refractivity contribution is 7.89. The van der Waals surface area contributed by atoms with Crippen LogP contribution in [-0.2, 0) is 23.1 Å². The SMILES string of the molecule is Cc1c(CN)cccc1S(=O)(=O)N(C)Cc1ccco1. The van der Waals surface area contributed by atoms with Crippen molar-refractivity contribution >= 4 is 10.0 Å². The average Bonchev–Trinajstić information content (AvgIpc) is 2.91. The van der Waals surface area contributed by atoms with Crippen molar-refractivity contribution in [2.75, 3.05) is 7.05 Å². The van der Waals surface area contributed by atoms with E-state index in [2.05, 4.69) is 0 Å². The van der Waals surface area contributed by atoms with E-state index in [9.17, 15) is 8.42 Å². The van der Waals surface area contributed by atoms with Crippen LogP contribution in [0, 0.1) is 6.92 Å². The van der Waals surface area contributed by atoms with Crippen molar-refractivity contribution in [1.82, 2.24) is 4.31 Å². The fraction of sp³-hybridized carbons (Fsp3) is 0.286. The van der Waals surface area contributed by atoms with Gasteiger partial charge in [-0.25, -0.2) is 8.42 Å². The maximum absolute atomic E-state index is 12.6. The number of nitrogens with zero attached hydrogens (tertiary/aromatic N) is 1. The molecule has 108 valence electrons. The van der Waals surface area contributed by atoms with Gasteiger partial charge in [-0.2, -0.15) is 4.31 Å². The Labute approximate surface area is 119 Å². The second-order valence-corrected chi connectivity index (χ2v) is 6.60. The Kier molecular flexibility index (Phi) is 4.27. The van der Waals surface area contributed by atoms with E-state index < -0.39 is 10.0 Å². The minimum absolute atomic E-state index is 0.196. The minimum Gasteiger partial charge on any atom is -0.468 e. The van der Waals surface area contributed by atoms with Crippen molar-refractivity contribution in [2.45, 2.75) is 24.9 Å². The van der Waals surface area contributed by atoms with Crippen LogP contribution in [0.3, 0.4) is 0 Å². The number of hydrogen-bond donors (Lipinski definition) is 1. The lowest BCUT2D eigenvalue weighted by molar-refractivity contribution is 0.406. The first kappa shape index (κ1) is 14.8. The van der Waals surface area contributed by atoms with Crippen molar-refractivity contribution in [1.29, 1.82) is 0 Å². The van der Waals surface area contributed by atoms with Crippen molar-refractivity contribution in [3.8, 4) is 0 Å². The zero-order valence-electron chi connectivity index (χ0n) is 11.5. The Morgan fingerprint density at radius 2 is 2.00 bits per heavy atom. The maximum atomic E-state index is 12.6. The minimum atomic E-state index is -3.56. The van der Waals surface area contributed by atoms with Gasteiger partial charge < -0.3 is 10.2 Å². The zero-order chi connectivity index (χ0) is 14.8. The van der Waals surface area contributed by atoms with Gasteiger partial charge >= 0.3 is 0 Å². The molecule has 1 aromatic heterocycles. The van der Waals surface area contributed by atoms with E-state index in [0.717, 1.165) is 5.56 Å². The first-order valence-electron chi connectivity index (χ1n) is 6.24. The predicted octanol–water partition coefficient (Wildman–Crippen LogP) is 1.87. The third kappa shape index (κ3) is 2.77. The summed E-state index contributed by atoms with van der Waals surface area (Å²) in [5, 5.41) is 0. The van der Waals surface area contributed by atoms with Gasteiger partial charge in [-0.3, -0.25) is 0 Å². The summed E-state index contributed by atoms with van der Waals surface area (Å²) in [4.78, 5) is 0.287. The van der Waals surface area contributed by atoms with E-state index in [1.54, 1.807) is 31.2 Å². The van der Waals surface area contributed by atoms with E-state index >= 15 is 0 Å². The summed E-state index contributed by atoms with van der Waals surface area (Å²) in [6.07, 6.45) is 1.52. The molecule has 20 heavy (non-hydrogen) atoms. The fourth-order valence-corrected chi connectivity index (χ4v) is 3.44. The van der Waals surface area contributed by atoms with Crippen molar-refractivity contribution in [2.24, 2.45) is 5.73 Å². The van der Waals surface area contributed by atoms with E-state index in [1.807, 2.05) is 6.07 Å². The Morgan fingerprint density at radius 1 is 1.25 bits per heavy atom. The van der Waals surface area contributed by atoms with Gasteiger partial charge in [-0.15, -0.1) is 0 Å². The molecule has 2 aromatic rings. The van der Waals surface area contributed by atoms with Crippen LogP contribution in [0.5, 0.6) is 0 Å². The van der Waals surface area contributed by atoms with Gasteiger partial charge in [-0.1, -0.05) is 12.1 Å². The zero-order valence-corrected chi connectivity index (χ0v) is 12.4. The molecule has 2 rings (SSSR count). The quantitative estimate of drug-likeness (QED) is 0.913. The van der Waals surface area contributed by atoms with Gasteiger partial charge in [0.25, 0.3) is 0 Å². The van der Waals surface area contributed by atoms with E-state index in [1.165, 1.54) is 17.6 Å². The largest absolute Gasteiger partial charge is 0.468 e. The molecule has 0 amide bonds. The fourth-order valence-electron chi connectivity index (χ4n) is 2.04. The Bertz CT molecular complexity index is 678. The van der Waals surface area contributed by atoms with Crippen molar-refractivity contribution in [3.05, 3.63) is 53.5 Å². The molecule has 0 radical (unpaired) electrons. The van der Waals surface area contributed by atoms with Crippen LogP contribution in [0.25, 0.3) is 0 Å². The third-order valence-electron chi connectivity index (χ3n) is 3.26. The third-order valence-corrected chi connectivity index (χ3v) is 5.21. The Balaban J connectivity index is 2.35. The monoisotopic (exact) mass is 294 g/mol. The molecule has 0 spiro atoms. The summed E-state index contributed by atoms with van der Waals surface area (Å²) >= 11 is 0. The second-order valence-electron chi connectivity index (χ2n) is 4.58. The van der Waals surface area contributed by atoms with E-state index in [4.69, 9.17) is 10.2 Å². The molecule has 0 aliphatic rings. The molecule has 5 nitrogen and oxygen atoms in total. The number of benzene rings is 1. The number of hydrogen-bond acceptors (Lipinski definition) is 4. The molecular weight excluding hydrogens is 276 g/mol. The Morgan fingerprint density at radius 3 is 2.60 bits per heavy atom. The van der Waals surface area contributed by atoms with Crippen molar-refractivity contribution in [3.63, 3.8) is 0 Å². The molecule has 1 heterocycles. The summed E-state index contributed by atoms with van der Waals surface area (Å²) in [5.74, 6) is 0.601. The molecular formula is C14H18N2O3S. The van der Waals surface area contributed by atoms with Crippen LogP contribution in [0.1, 0.15) is 16.9 Å². The van der Waals surface area contributed by atoms with Gasteiger partial charge in [0.1, 0.15) is 5.76 Å². The molecule has 0 bridgehead atoms. The number of furan rings is 1. The molecule has 1 aromatic carbocycles. The lowest BCUT2D eigenvalue weighted by Gasteiger charge is -2.18. The van der Waals surface area contributed by atoms with Crippen LogP contribution in [-0.4, -0.2) is 19.8 Å². The van der Waals surface area contributed by atoms with Crippen LogP contribution >= 0.6 is 0 Å². The second kappa shape index (κ2) is 5.78. The summed E-state index contributed by atoms with van der Waals surface area (Å²) in [6.45, 7) is 2.29. The molecule has 0 aliphatic carbocycles. The van der Waals surface area contributed by atoms with Crippen LogP contribution < -0.4 is 5.73 Å². The standard InChI is InChI=1S/C14H18N2O3S/c1-11-12(9-15)5-3-7-14(11)20(17,18)16(2)10-13-6-4-8-19-13/h3-8H,9-10,15H2,1-2H3. The van der Waals surface area contributed by atoms with E-state index in [-0.39, 0.29) is 11.4 Å². The number of sulfonamides is 1. The van der Waals surface area contributed by atoms with Crippen LogP contribution in [0.4, 0.5) is 0 Å². The molecule has 2 N–H and O–H groups in total. The molecule has 0 aliphatic heterocycles. The maximum Gasteiger partial charge on any atom is 0.243 e. The molecule has 0 saturated carbocycles. The lowest BCUT2D eigenvalue weighted by atomic mass is 10.1. The summed E-state index contributed by atoms with van der Waals surface area (Å²) in [5.41, 5.74) is 7.15. The van der Waals surface area contributed by atoms with Crippen molar-refractivity contribution < 1.29 is 12.8 Å². The van der Waals surface area contributed by atoms with Gasteiger partial charge in [0.15, 0.2) is 0 Å². The Hall–Kier alpha value is -1.63. The normalized spacial score (nSPS) is 12.0. The predicted molar refractivity (Wildman–Crippen MR) is 76.4 cm³/mol. The van der Waals surface area contributed by atoms with Crippen LogP contribution in [0.2, 0.25) is 0 Å². The molecule has 0 fully saturated rings. The summed E-state index contributed by atoms with van der Waals surface area (Å²) in [6, 6.07) is 8.62. The lowest BCUT2D eigenvalue weighted by Crippen LogP contribution is -2.27. The first-order valence-corrected chi connectivity index (χ1v) is 7.68. The van der Waals surface area contributed by atoms with Gasteiger partial charge in [0.05, 0.1) is 17.7 Å². The van der Waals surface area contributed by atoms with Gasteiger partial charge in [-0.05, 0) is 36.2 Å². The molecule has 0 unspecified atom stereocenters. The summed E-state index contributed by atoms with van der Waals surface area (Å²) in [7, 11) is -2.03. The van der Waals surface area contributed by atoms with Gasteiger partial charge in [0, 0.05) is 13.6 Å². The topological polar surface area (TPSA) is 76.5 Å². The number of rotatable bonds is 5. The van der Waals surface area contributed by atoms with E-state index in [0.29, 0.717) is 17.9 Å². The average molecular weight is 294 g/mol. The van der Waals surface area contributed by atoms with Gasteiger partial charge in [0.2, 0.25) is 10.0 Å². The molecule has 0 saturated heterocycles. The summed E-state index contributed by atoms with van der Waals surface area (Å²) < 4.78 is 31.6. The highest BCUT2D eigenvalue weighted by Gasteiger charge is 2.24. The first-order chi connectivity index (χ1) is 9.46. The highest BCUT2D eigenvalue weighted by Crippen LogP contribution is 2.23. The van der Waals surface area contributed by atoms with Crippen LogP contribution in [0.15, 0.2) is 45.9 Å². The highest BCUT2D eigenvalue weighted by atomic mass is 32.2. The molecule has 0 atom stereocenters.